The molecule has 1 aromatic heterocycles. The maximum absolute atomic E-state index is 14.2. The van der Waals surface area contributed by atoms with Gasteiger partial charge in [-0.15, -0.1) is 0 Å². The molecule has 3 nitrogen and oxygen atoms in total. The second-order valence-electron chi connectivity index (χ2n) is 4.70. The van der Waals surface area contributed by atoms with E-state index >= 15 is 0 Å². The molecule has 112 valence electrons. The molecular weight excluding hydrogens is 300 g/mol. The van der Waals surface area contributed by atoms with Crippen molar-refractivity contribution >= 4 is 10.9 Å². The number of benzene rings is 2. The first-order valence-corrected chi connectivity index (χ1v) is 6.23. The Kier molecular flexibility index (Phi) is 3.20. The van der Waals surface area contributed by atoms with Crippen molar-refractivity contribution in [1.29, 1.82) is 0 Å². The molecule has 0 aliphatic rings. The van der Waals surface area contributed by atoms with Crippen LogP contribution in [0.3, 0.4) is 0 Å². The monoisotopic (exact) mass is 308 g/mol. The van der Waals surface area contributed by atoms with Crippen LogP contribution in [0, 0.1) is 30.2 Å². The fraction of sp³-hybridized carbons (Fsp3) is 0.0667. The van der Waals surface area contributed by atoms with Crippen LogP contribution in [0.25, 0.3) is 22.0 Å². The summed E-state index contributed by atoms with van der Waals surface area (Å²) >= 11 is 0. The highest BCUT2D eigenvalue weighted by Crippen LogP contribution is 2.32. The van der Waals surface area contributed by atoms with Crippen molar-refractivity contribution in [2.45, 2.75) is 6.92 Å². The average molecular weight is 308 g/mol. The molecule has 3 aromatic rings. The molecule has 22 heavy (non-hydrogen) atoms. The van der Waals surface area contributed by atoms with E-state index in [2.05, 4.69) is 9.97 Å². The lowest BCUT2D eigenvalue weighted by molar-refractivity contribution is 0.454. The van der Waals surface area contributed by atoms with E-state index in [4.69, 9.17) is 0 Å². The second kappa shape index (κ2) is 4.94. The predicted octanol–water partition coefficient (Wildman–Crippen LogP) is 3.45. The predicted molar refractivity (Wildman–Crippen MR) is 72.4 cm³/mol. The third-order valence-corrected chi connectivity index (χ3v) is 3.23. The van der Waals surface area contributed by atoms with E-state index in [1.807, 2.05) is 0 Å². The van der Waals surface area contributed by atoms with Crippen LogP contribution in [0.2, 0.25) is 0 Å². The average Bonchev–Trinajstić information content (AvgIpc) is 2.48. The summed E-state index contributed by atoms with van der Waals surface area (Å²) in [4.78, 5) is 18.1. The SMILES string of the molecule is Cc1nc2c(F)c(F)c(F)c(-c3ccc(F)cc3)c2c(=O)[nH]1. The minimum absolute atomic E-state index is 0.0407. The Morgan fingerprint density at radius 3 is 2.23 bits per heavy atom. The van der Waals surface area contributed by atoms with Gasteiger partial charge in [0.05, 0.1) is 5.39 Å². The maximum atomic E-state index is 14.2. The molecule has 0 spiro atoms. The zero-order chi connectivity index (χ0) is 16.0. The summed E-state index contributed by atoms with van der Waals surface area (Å²) in [6.07, 6.45) is 0. The lowest BCUT2D eigenvalue weighted by Gasteiger charge is -2.10. The van der Waals surface area contributed by atoms with E-state index in [1.165, 1.54) is 19.1 Å². The van der Waals surface area contributed by atoms with Crippen LogP contribution in [0.5, 0.6) is 0 Å². The molecule has 0 atom stereocenters. The lowest BCUT2D eigenvalue weighted by atomic mass is 10.00. The Bertz CT molecular complexity index is 949. The van der Waals surface area contributed by atoms with Gasteiger partial charge in [-0.1, -0.05) is 12.1 Å². The van der Waals surface area contributed by atoms with Gasteiger partial charge < -0.3 is 4.98 Å². The van der Waals surface area contributed by atoms with Gasteiger partial charge in [0.15, 0.2) is 17.5 Å². The standard InChI is InChI=1S/C15H8F4N2O/c1-6-20-14-10(15(22)21-6)9(11(17)12(18)13(14)19)7-2-4-8(16)5-3-7/h2-5H,1H3,(H,20,21,22). The van der Waals surface area contributed by atoms with Gasteiger partial charge in [0.1, 0.15) is 17.2 Å². The van der Waals surface area contributed by atoms with Crippen LogP contribution in [0.15, 0.2) is 29.1 Å². The summed E-state index contributed by atoms with van der Waals surface area (Å²) in [6, 6.07) is 4.39. The summed E-state index contributed by atoms with van der Waals surface area (Å²) in [5, 5.41) is -0.423. The van der Waals surface area contributed by atoms with Gasteiger partial charge in [-0.05, 0) is 24.6 Å². The zero-order valence-corrected chi connectivity index (χ0v) is 11.2. The number of aromatic nitrogens is 2. The molecule has 0 aliphatic carbocycles. The van der Waals surface area contributed by atoms with Gasteiger partial charge in [0.25, 0.3) is 5.56 Å². The summed E-state index contributed by atoms with van der Waals surface area (Å²) in [7, 11) is 0. The third-order valence-electron chi connectivity index (χ3n) is 3.23. The van der Waals surface area contributed by atoms with Crippen LogP contribution < -0.4 is 5.56 Å². The number of nitrogens with one attached hydrogen (secondary N) is 1. The van der Waals surface area contributed by atoms with Gasteiger partial charge >= 0.3 is 0 Å². The number of fused-ring (bicyclic) bond motifs is 1. The van der Waals surface area contributed by atoms with Crippen LogP contribution in [0.1, 0.15) is 5.82 Å². The molecular formula is C15H8F4N2O. The maximum Gasteiger partial charge on any atom is 0.259 e. The zero-order valence-electron chi connectivity index (χ0n) is 11.2. The number of hydrogen-bond acceptors (Lipinski definition) is 2. The Morgan fingerprint density at radius 2 is 1.59 bits per heavy atom. The van der Waals surface area contributed by atoms with Crippen molar-refractivity contribution in [3.05, 3.63) is 63.7 Å². The minimum Gasteiger partial charge on any atom is -0.310 e. The summed E-state index contributed by atoms with van der Waals surface area (Å²) in [5.74, 6) is -5.31. The largest absolute Gasteiger partial charge is 0.310 e. The van der Waals surface area contributed by atoms with E-state index in [9.17, 15) is 22.4 Å². The Morgan fingerprint density at radius 1 is 0.955 bits per heavy atom. The number of halogens is 4. The number of H-pyrrole nitrogens is 1. The van der Waals surface area contributed by atoms with Crippen LogP contribution >= 0.6 is 0 Å². The van der Waals surface area contributed by atoms with E-state index in [0.717, 1.165) is 12.1 Å². The van der Waals surface area contributed by atoms with Gasteiger partial charge in [-0.3, -0.25) is 4.79 Å². The van der Waals surface area contributed by atoms with Gasteiger partial charge in [-0.25, -0.2) is 22.5 Å². The lowest BCUT2D eigenvalue weighted by Crippen LogP contribution is -2.14. The van der Waals surface area contributed by atoms with Gasteiger partial charge in [-0.2, -0.15) is 0 Å². The molecule has 0 fully saturated rings. The van der Waals surface area contributed by atoms with E-state index < -0.39 is 45.3 Å². The molecule has 0 bridgehead atoms. The van der Waals surface area contributed by atoms with Crippen LogP contribution in [-0.2, 0) is 0 Å². The highest BCUT2D eigenvalue weighted by atomic mass is 19.2. The molecule has 2 aromatic carbocycles. The van der Waals surface area contributed by atoms with E-state index in [-0.39, 0.29) is 11.4 Å². The van der Waals surface area contributed by atoms with Crippen LogP contribution in [0.4, 0.5) is 17.6 Å². The number of aromatic amines is 1. The van der Waals surface area contributed by atoms with Crippen molar-refractivity contribution in [2.24, 2.45) is 0 Å². The quantitative estimate of drug-likeness (QED) is 0.553. The number of hydrogen-bond donors (Lipinski definition) is 1. The number of aryl methyl sites for hydroxylation is 1. The highest BCUT2D eigenvalue weighted by Gasteiger charge is 2.24. The van der Waals surface area contributed by atoms with Gasteiger partial charge in [0.2, 0.25) is 0 Å². The van der Waals surface area contributed by atoms with E-state index in [1.54, 1.807) is 0 Å². The van der Waals surface area contributed by atoms with Crippen molar-refractivity contribution in [1.82, 2.24) is 9.97 Å². The number of nitrogens with zero attached hydrogens (tertiary/aromatic N) is 1. The topological polar surface area (TPSA) is 45.8 Å². The fourth-order valence-electron chi connectivity index (χ4n) is 2.28. The minimum atomic E-state index is -1.73. The third kappa shape index (κ3) is 2.05. The molecule has 0 saturated carbocycles. The summed E-state index contributed by atoms with van der Waals surface area (Å²) in [5.41, 5.74) is -1.79. The molecule has 0 amide bonds. The Hall–Kier alpha value is -2.70. The highest BCUT2D eigenvalue weighted by molar-refractivity contribution is 5.94. The van der Waals surface area contributed by atoms with Crippen LogP contribution in [-0.4, -0.2) is 9.97 Å². The molecule has 1 N–H and O–H groups in total. The summed E-state index contributed by atoms with van der Waals surface area (Å²) < 4.78 is 54.8. The molecule has 0 radical (unpaired) electrons. The molecule has 1 heterocycles. The van der Waals surface area contributed by atoms with Crippen molar-refractivity contribution in [2.75, 3.05) is 0 Å². The second-order valence-corrected chi connectivity index (χ2v) is 4.70. The fourth-order valence-corrected chi connectivity index (χ4v) is 2.28. The normalized spacial score (nSPS) is 11.1. The van der Waals surface area contributed by atoms with Gasteiger partial charge in [0, 0.05) is 5.56 Å². The molecule has 0 aliphatic heterocycles. The first-order valence-electron chi connectivity index (χ1n) is 6.23. The summed E-state index contributed by atoms with van der Waals surface area (Å²) in [6.45, 7) is 1.39. The molecule has 0 unspecified atom stereocenters. The van der Waals surface area contributed by atoms with E-state index in [0.29, 0.717) is 0 Å². The Balaban J connectivity index is 2.53. The van der Waals surface area contributed by atoms with Crippen molar-refractivity contribution in [3.63, 3.8) is 0 Å². The first kappa shape index (κ1) is 14.2. The van der Waals surface area contributed by atoms with Crippen molar-refractivity contribution in [3.8, 4) is 11.1 Å². The molecule has 0 saturated heterocycles. The molecule has 7 heteroatoms. The molecule has 3 rings (SSSR count). The Labute approximate surface area is 121 Å². The number of rotatable bonds is 1. The van der Waals surface area contributed by atoms with Crippen molar-refractivity contribution < 1.29 is 17.6 Å². The smallest absolute Gasteiger partial charge is 0.259 e. The first-order chi connectivity index (χ1) is 10.4.